The third kappa shape index (κ3) is 4.30. The lowest BCUT2D eigenvalue weighted by atomic mass is 9.89. The topological polar surface area (TPSA) is 77.2 Å². The minimum atomic E-state index is -0.488. The first-order valence-corrected chi connectivity index (χ1v) is 9.99. The van der Waals surface area contributed by atoms with Crippen molar-refractivity contribution in [1.82, 2.24) is 10.3 Å². The van der Waals surface area contributed by atoms with E-state index in [-0.39, 0.29) is 0 Å². The summed E-state index contributed by atoms with van der Waals surface area (Å²) in [5.74, 6) is 1.60. The number of hydrogen-bond acceptors (Lipinski definition) is 4. The highest BCUT2D eigenvalue weighted by Gasteiger charge is 2.24. The van der Waals surface area contributed by atoms with Crippen LogP contribution in [0, 0.1) is 5.92 Å². The molecule has 1 aromatic heterocycles. The molecule has 2 aromatic rings. The molecule has 2 aliphatic rings. The molecule has 2 aliphatic carbocycles. The summed E-state index contributed by atoms with van der Waals surface area (Å²) in [4.78, 5) is 15.3. The Bertz CT molecular complexity index is 798. The molecule has 5 heteroatoms. The van der Waals surface area contributed by atoms with E-state index in [0.29, 0.717) is 17.5 Å². The minimum Gasteiger partial charge on any atom is -0.439 e. The fourth-order valence-corrected chi connectivity index (χ4v) is 4.28. The highest BCUT2D eigenvalue weighted by atomic mass is 16.5. The number of benzene rings is 1. The van der Waals surface area contributed by atoms with E-state index in [2.05, 4.69) is 22.4 Å². The number of hydrogen-bond donors (Lipinski definition) is 2. The molecule has 1 amide bonds. The lowest BCUT2D eigenvalue weighted by Gasteiger charge is -2.24. The molecule has 1 saturated carbocycles. The van der Waals surface area contributed by atoms with Crippen molar-refractivity contribution >= 4 is 5.91 Å². The summed E-state index contributed by atoms with van der Waals surface area (Å²) in [6.07, 6.45) is 10.6. The van der Waals surface area contributed by atoms with Crippen LogP contribution in [0.5, 0.6) is 11.6 Å². The number of aryl methyl sites for hydroxylation is 1. The van der Waals surface area contributed by atoms with E-state index in [1.54, 1.807) is 12.1 Å². The third-order valence-corrected chi connectivity index (χ3v) is 5.81. The van der Waals surface area contributed by atoms with Gasteiger partial charge < -0.3 is 15.8 Å². The number of nitrogens with zero attached hydrogens (tertiary/aromatic N) is 1. The second kappa shape index (κ2) is 8.09. The lowest BCUT2D eigenvalue weighted by molar-refractivity contribution is 0.1000. The Hall–Kier alpha value is -2.40. The molecule has 0 aliphatic heterocycles. The molecule has 1 atom stereocenters. The van der Waals surface area contributed by atoms with Gasteiger partial charge in [-0.25, -0.2) is 4.98 Å². The molecule has 4 rings (SSSR count). The molecule has 1 heterocycles. The summed E-state index contributed by atoms with van der Waals surface area (Å²) < 4.78 is 5.85. The quantitative estimate of drug-likeness (QED) is 0.807. The Morgan fingerprint density at radius 2 is 2.00 bits per heavy atom. The summed E-state index contributed by atoms with van der Waals surface area (Å²) in [5.41, 5.74) is 8.36. The average Bonchev–Trinajstić information content (AvgIpc) is 3.10. The molecular formula is C22H27N3O2. The smallest absolute Gasteiger partial charge is 0.250 e. The highest BCUT2D eigenvalue weighted by molar-refractivity contribution is 5.92. The standard InChI is InChI=1S/C22H27N3O2/c23-22(26)17-7-11-21(25-14-17)27-18-8-9-19-16(12-18)6-10-20(19)24-13-15-4-2-1-3-5-15/h7-9,11-12,14-15,20,24H,1-6,10,13H2,(H2,23,26). The van der Waals surface area contributed by atoms with Crippen molar-refractivity contribution in [3.8, 4) is 11.6 Å². The fourth-order valence-electron chi connectivity index (χ4n) is 4.28. The number of amides is 1. The first-order chi connectivity index (χ1) is 13.2. The largest absolute Gasteiger partial charge is 0.439 e. The number of fused-ring (bicyclic) bond motifs is 1. The molecule has 0 bridgehead atoms. The van der Waals surface area contributed by atoms with Crippen molar-refractivity contribution in [2.45, 2.75) is 51.0 Å². The number of nitrogens with one attached hydrogen (secondary N) is 1. The Labute approximate surface area is 160 Å². The second-order valence-corrected chi connectivity index (χ2v) is 7.72. The number of carbonyl (C=O) groups is 1. The summed E-state index contributed by atoms with van der Waals surface area (Å²) in [5, 5.41) is 3.80. The van der Waals surface area contributed by atoms with E-state index in [9.17, 15) is 4.79 Å². The maximum Gasteiger partial charge on any atom is 0.250 e. The lowest BCUT2D eigenvalue weighted by Crippen LogP contribution is -2.27. The van der Waals surface area contributed by atoms with Gasteiger partial charge in [0.15, 0.2) is 0 Å². The van der Waals surface area contributed by atoms with Gasteiger partial charge in [0.2, 0.25) is 11.8 Å². The second-order valence-electron chi connectivity index (χ2n) is 7.72. The summed E-state index contributed by atoms with van der Waals surface area (Å²) in [6, 6.07) is 10.0. The molecular weight excluding hydrogens is 338 g/mol. The Morgan fingerprint density at radius 3 is 2.74 bits per heavy atom. The molecule has 0 saturated heterocycles. The SMILES string of the molecule is NC(=O)c1ccc(Oc2ccc3c(c2)CCC3NCC2CCCCC2)nc1. The summed E-state index contributed by atoms with van der Waals surface area (Å²) >= 11 is 0. The van der Waals surface area contributed by atoms with Crippen LogP contribution in [-0.2, 0) is 6.42 Å². The number of nitrogens with two attached hydrogens (primary N) is 1. The Balaban J connectivity index is 1.38. The first-order valence-electron chi connectivity index (χ1n) is 9.99. The van der Waals surface area contributed by atoms with Crippen LogP contribution in [0.1, 0.15) is 66.1 Å². The van der Waals surface area contributed by atoms with E-state index in [1.165, 1.54) is 49.4 Å². The maximum atomic E-state index is 11.1. The molecule has 1 aromatic carbocycles. The van der Waals surface area contributed by atoms with Crippen molar-refractivity contribution in [3.05, 3.63) is 53.2 Å². The molecule has 5 nitrogen and oxygen atoms in total. The van der Waals surface area contributed by atoms with Crippen LogP contribution in [0.2, 0.25) is 0 Å². The van der Waals surface area contributed by atoms with Crippen LogP contribution in [-0.4, -0.2) is 17.4 Å². The molecule has 27 heavy (non-hydrogen) atoms. The number of rotatable bonds is 6. The van der Waals surface area contributed by atoms with Gasteiger partial charge in [-0.1, -0.05) is 25.3 Å². The number of primary amides is 1. The van der Waals surface area contributed by atoms with Crippen LogP contribution < -0.4 is 15.8 Å². The molecule has 1 fully saturated rings. The molecule has 0 spiro atoms. The first kappa shape index (κ1) is 18.0. The van der Waals surface area contributed by atoms with Crippen molar-refractivity contribution in [2.24, 2.45) is 11.7 Å². The molecule has 3 N–H and O–H groups in total. The molecule has 142 valence electrons. The zero-order valence-electron chi connectivity index (χ0n) is 15.6. The van der Waals surface area contributed by atoms with E-state index >= 15 is 0 Å². The van der Waals surface area contributed by atoms with E-state index < -0.39 is 5.91 Å². The number of pyridine rings is 1. The summed E-state index contributed by atoms with van der Waals surface area (Å²) in [7, 11) is 0. The van der Waals surface area contributed by atoms with Crippen molar-refractivity contribution in [2.75, 3.05) is 6.54 Å². The Kier molecular flexibility index (Phi) is 5.39. The van der Waals surface area contributed by atoms with Crippen LogP contribution in [0.25, 0.3) is 0 Å². The third-order valence-electron chi connectivity index (χ3n) is 5.81. The molecule has 1 unspecified atom stereocenters. The van der Waals surface area contributed by atoms with Crippen molar-refractivity contribution in [3.63, 3.8) is 0 Å². The van der Waals surface area contributed by atoms with Gasteiger partial charge in [0.05, 0.1) is 5.56 Å². The fraction of sp³-hybridized carbons (Fsp3) is 0.455. The van der Waals surface area contributed by atoms with Gasteiger partial charge in [-0.15, -0.1) is 0 Å². The highest BCUT2D eigenvalue weighted by Crippen LogP contribution is 2.35. The van der Waals surface area contributed by atoms with E-state index in [1.807, 2.05) is 6.07 Å². The van der Waals surface area contributed by atoms with Gasteiger partial charge in [0.25, 0.3) is 0 Å². The monoisotopic (exact) mass is 365 g/mol. The zero-order chi connectivity index (χ0) is 18.6. The van der Waals surface area contributed by atoms with E-state index in [4.69, 9.17) is 10.5 Å². The van der Waals surface area contributed by atoms with Gasteiger partial charge in [-0.05, 0) is 67.5 Å². The van der Waals surface area contributed by atoms with Gasteiger partial charge in [0.1, 0.15) is 5.75 Å². The zero-order valence-corrected chi connectivity index (χ0v) is 15.6. The summed E-state index contributed by atoms with van der Waals surface area (Å²) in [6.45, 7) is 1.14. The number of ether oxygens (including phenoxy) is 1. The van der Waals surface area contributed by atoms with Gasteiger partial charge >= 0.3 is 0 Å². The predicted molar refractivity (Wildman–Crippen MR) is 105 cm³/mol. The average molecular weight is 365 g/mol. The Morgan fingerprint density at radius 1 is 1.15 bits per heavy atom. The van der Waals surface area contributed by atoms with Gasteiger partial charge in [0, 0.05) is 18.3 Å². The minimum absolute atomic E-state index is 0.378. The van der Waals surface area contributed by atoms with Crippen LogP contribution in [0.4, 0.5) is 0 Å². The van der Waals surface area contributed by atoms with E-state index in [0.717, 1.165) is 31.1 Å². The number of aromatic nitrogens is 1. The predicted octanol–water partition coefficient (Wildman–Crippen LogP) is 4.13. The normalized spacial score (nSPS) is 19.6. The van der Waals surface area contributed by atoms with Crippen molar-refractivity contribution < 1.29 is 9.53 Å². The van der Waals surface area contributed by atoms with Gasteiger partial charge in [-0.3, -0.25) is 4.79 Å². The van der Waals surface area contributed by atoms with Gasteiger partial charge in [-0.2, -0.15) is 0 Å². The molecule has 0 radical (unpaired) electrons. The van der Waals surface area contributed by atoms with Crippen molar-refractivity contribution in [1.29, 1.82) is 0 Å². The van der Waals surface area contributed by atoms with Crippen LogP contribution in [0.15, 0.2) is 36.5 Å². The van der Waals surface area contributed by atoms with Crippen LogP contribution in [0.3, 0.4) is 0 Å². The maximum absolute atomic E-state index is 11.1. The number of carbonyl (C=O) groups excluding carboxylic acids is 1. The van der Waals surface area contributed by atoms with Crippen LogP contribution >= 0.6 is 0 Å².